The molecule has 0 radical (unpaired) electrons. The van der Waals surface area contributed by atoms with Gasteiger partial charge in [0.1, 0.15) is 12.6 Å². The third-order valence-electron chi connectivity index (χ3n) is 7.15. The summed E-state index contributed by atoms with van der Waals surface area (Å²) in [6, 6.07) is 18.3. The first kappa shape index (κ1) is 32.2. The van der Waals surface area contributed by atoms with Gasteiger partial charge in [-0.05, 0) is 75.9 Å². The predicted octanol–water partition coefficient (Wildman–Crippen LogP) is 6.18. The second-order valence-corrected chi connectivity index (χ2v) is 12.8. The highest BCUT2D eigenvalue weighted by molar-refractivity contribution is 7.92. The summed E-state index contributed by atoms with van der Waals surface area (Å²) < 4.78 is 29.2. The molecule has 0 bridgehead atoms. The summed E-state index contributed by atoms with van der Waals surface area (Å²) in [5.74, 6) is -0.762. The maximum Gasteiger partial charge on any atom is 0.264 e. The van der Waals surface area contributed by atoms with E-state index in [0.717, 1.165) is 27.4 Å². The van der Waals surface area contributed by atoms with Crippen LogP contribution < -0.4 is 9.62 Å². The van der Waals surface area contributed by atoms with Gasteiger partial charge in [0.15, 0.2) is 0 Å². The van der Waals surface area contributed by atoms with Crippen LogP contribution in [0.5, 0.6) is 0 Å². The number of carbonyl (C=O) groups excluding carboxylic acids is 2. The summed E-state index contributed by atoms with van der Waals surface area (Å²) in [7, 11) is -4.17. The third-order valence-corrected chi connectivity index (χ3v) is 9.16. The highest BCUT2D eigenvalue weighted by Crippen LogP contribution is 2.30. The molecule has 0 spiro atoms. The van der Waals surface area contributed by atoms with Crippen LogP contribution in [0.4, 0.5) is 5.69 Å². The van der Waals surface area contributed by atoms with Crippen molar-refractivity contribution >= 4 is 39.1 Å². The molecule has 0 fully saturated rings. The number of amides is 2. The number of sulfonamides is 1. The molecule has 9 heteroatoms. The van der Waals surface area contributed by atoms with E-state index < -0.39 is 28.5 Å². The first-order chi connectivity index (χ1) is 19.4. The lowest BCUT2D eigenvalue weighted by atomic mass is 10.1. The molecule has 3 aromatic rings. The van der Waals surface area contributed by atoms with E-state index in [4.69, 9.17) is 11.6 Å². The number of benzene rings is 3. The fourth-order valence-electron chi connectivity index (χ4n) is 4.57. The SMILES string of the molecule is CC[C@H](C(=O)N[C@@H](C)CC)N(Cc1cccc(C)c1)C(=O)CN(c1cc(Cl)ccc1C)S(=O)(=O)c1ccc(C)cc1. The molecule has 0 aliphatic carbocycles. The van der Waals surface area contributed by atoms with E-state index in [2.05, 4.69) is 5.32 Å². The lowest BCUT2D eigenvalue weighted by Crippen LogP contribution is -2.53. The summed E-state index contributed by atoms with van der Waals surface area (Å²) >= 11 is 6.31. The molecule has 3 aromatic carbocycles. The van der Waals surface area contributed by atoms with Crippen molar-refractivity contribution in [3.8, 4) is 0 Å². The van der Waals surface area contributed by atoms with Gasteiger partial charge in [0.2, 0.25) is 11.8 Å². The molecule has 41 heavy (non-hydrogen) atoms. The Balaban J connectivity index is 2.10. The molecular formula is C32H40ClN3O4S. The van der Waals surface area contributed by atoms with Crippen molar-refractivity contribution in [3.05, 3.63) is 94.0 Å². The maximum absolute atomic E-state index is 14.2. The molecular weight excluding hydrogens is 558 g/mol. The van der Waals surface area contributed by atoms with Gasteiger partial charge in [-0.1, -0.05) is 79.0 Å². The number of nitrogens with zero attached hydrogens (tertiary/aromatic N) is 2. The van der Waals surface area contributed by atoms with E-state index >= 15 is 0 Å². The van der Waals surface area contributed by atoms with E-state index in [-0.39, 0.29) is 23.4 Å². The quantitative estimate of drug-likeness (QED) is 0.270. The number of hydrogen-bond donors (Lipinski definition) is 1. The lowest BCUT2D eigenvalue weighted by molar-refractivity contribution is -0.140. The topological polar surface area (TPSA) is 86.8 Å². The van der Waals surface area contributed by atoms with Gasteiger partial charge in [0, 0.05) is 17.6 Å². The largest absolute Gasteiger partial charge is 0.352 e. The van der Waals surface area contributed by atoms with Gasteiger partial charge >= 0.3 is 0 Å². The summed E-state index contributed by atoms with van der Waals surface area (Å²) in [5, 5.41) is 3.34. The van der Waals surface area contributed by atoms with Crippen LogP contribution in [0.15, 0.2) is 71.6 Å². The van der Waals surface area contributed by atoms with E-state index in [0.29, 0.717) is 22.7 Å². The van der Waals surface area contributed by atoms with Crippen LogP contribution in [0, 0.1) is 20.8 Å². The standard InChI is InChI=1S/C32H40ClN3O4S/c1-7-25(6)34-32(38)29(8-2)35(20-26-11-9-10-23(4)18-26)31(37)21-36(30-19-27(33)15-14-24(30)5)41(39,40)28-16-12-22(3)13-17-28/h9-19,25,29H,7-8,20-21H2,1-6H3,(H,34,38)/t25-,29+/m0/s1. The van der Waals surface area contributed by atoms with Crippen molar-refractivity contribution in [2.24, 2.45) is 0 Å². The van der Waals surface area contributed by atoms with Gasteiger partial charge in [-0.3, -0.25) is 13.9 Å². The van der Waals surface area contributed by atoms with Gasteiger partial charge in [-0.15, -0.1) is 0 Å². The van der Waals surface area contributed by atoms with Gasteiger partial charge in [-0.25, -0.2) is 8.42 Å². The van der Waals surface area contributed by atoms with Crippen LogP contribution in [0.2, 0.25) is 5.02 Å². The van der Waals surface area contributed by atoms with Crippen molar-refractivity contribution in [1.29, 1.82) is 0 Å². The first-order valence-corrected chi connectivity index (χ1v) is 15.7. The molecule has 0 unspecified atom stereocenters. The number of nitrogens with one attached hydrogen (secondary N) is 1. The second kappa shape index (κ2) is 14.0. The molecule has 0 saturated heterocycles. The van der Waals surface area contributed by atoms with E-state index in [1.807, 2.05) is 58.9 Å². The zero-order chi connectivity index (χ0) is 30.3. The fourth-order valence-corrected chi connectivity index (χ4v) is 6.21. The highest BCUT2D eigenvalue weighted by Gasteiger charge is 2.34. The first-order valence-electron chi connectivity index (χ1n) is 13.9. The Bertz CT molecular complexity index is 1470. The Hall–Kier alpha value is -3.36. The summed E-state index contributed by atoms with van der Waals surface area (Å²) in [5.41, 5.74) is 3.72. The Morgan fingerprint density at radius 3 is 2.20 bits per heavy atom. The van der Waals surface area contributed by atoms with Crippen molar-refractivity contribution in [2.45, 2.75) is 77.9 Å². The van der Waals surface area contributed by atoms with Crippen molar-refractivity contribution in [2.75, 3.05) is 10.8 Å². The van der Waals surface area contributed by atoms with Crippen LogP contribution in [0.1, 0.15) is 55.9 Å². The van der Waals surface area contributed by atoms with E-state index in [1.165, 1.54) is 17.0 Å². The molecule has 1 N–H and O–H groups in total. The highest BCUT2D eigenvalue weighted by atomic mass is 35.5. The zero-order valence-electron chi connectivity index (χ0n) is 24.6. The molecule has 7 nitrogen and oxygen atoms in total. The normalized spacial score (nSPS) is 12.9. The zero-order valence-corrected chi connectivity index (χ0v) is 26.2. The maximum atomic E-state index is 14.2. The third kappa shape index (κ3) is 8.11. The van der Waals surface area contributed by atoms with Crippen molar-refractivity contribution < 1.29 is 18.0 Å². The Kier molecular flexibility index (Phi) is 11.0. The minimum absolute atomic E-state index is 0.0575. The monoisotopic (exact) mass is 597 g/mol. The number of aryl methyl sites for hydroxylation is 3. The molecule has 0 saturated carbocycles. The second-order valence-electron chi connectivity index (χ2n) is 10.5. The molecule has 2 atom stereocenters. The Morgan fingerprint density at radius 1 is 0.902 bits per heavy atom. The van der Waals surface area contributed by atoms with Crippen LogP contribution in [-0.4, -0.2) is 43.8 Å². The van der Waals surface area contributed by atoms with Gasteiger partial charge in [0.05, 0.1) is 10.6 Å². The van der Waals surface area contributed by atoms with Gasteiger partial charge in [0.25, 0.3) is 10.0 Å². The summed E-state index contributed by atoms with van der Waals surface area (Å²) in [4.78, 5) is 29.2. The molecule has 0 aromatic heterocycles. The average molecular weight is 598 g/mol. The summed E-state index contributed by atoms with van der Waals surface area (Å²) in [6.07, 6.45) is 1.10. The molecule has 0 heterocycles. The minimum Gasteiger partial charge on any atom is -0.352 e. The smallest absolute Gasteiger partial charge is 0.264 e. The van der Waals surface area contributed by atoms with Crippen LogP contribution in [0.25, 0.3) is 0 Å². The molecule has 2 amide bonds. The number of rotatable bonds is 12. The molecule has 3 rings (SSSR count). The number of anilines is 1. The molecule has 0 aliphatic heterocycles. The van der Waals surface area contributed by atoms with Crippen molar-refractivity contribution in [3.63, 3.8) is 0 Å². The van der Waals surface area contributed by atoms with Gasteiger partial charge in [-0.2, -0.15) is 0 Å². The van der Waals surface area contributed by atoms with Crippen LogP contribution in [-0.2, 0) is 26.2 Å². The van der Waals surface area contributed by atoms with Crippen LogP contribution >= 0.6 is 11.6 Å². The van der Waals surface area contributed by atoms with E-state index in [1.54, 1.807) is 37.3 Å². The average Bonchev–Trinajstić information content (AvgIpc) is 2.93. The van der Waals surface area contributed by atoms with Gasteiger partial charge < -0.3 is 10.2 Å². The Labute approximate surface area is 249 Å². The van der Waals surface area contributed by atoms with Crippen molar-refractivity contribution in [1.82, 2.24) is 10.2 Å². The molecule has 220 valence electrons. The minimum atomic E-state index is -4.17. The molecule has 0 aliphatic rings. The predicted molar refractivity (Wildman–Crippen MR) is 166 cm³/mol. The Morgan fingerprint density at radius 2 is 1.59 bits per heavy atom. The lowest BCUT2D eigenvalue weighted by Gasteiger charge is -2.34. The number of halogens is 1. The van der Waals surface area contributed by atoms with E-state index in [9.17, 15) is 18.0 Å². The number of carbonyl (C=O) groups is 2. The number of hydrogen-bond acceptors (Lipinski definition) is 4. The summed E-state index contributed by atoms with van der Waals surface area (Å²) in [6.45, 7) is 11.0. The fraction of sp³-hybridized carbons (Fsp3) is 0.375. The van der Waals surface area contributed by atoms with Crippen LogP contribution in [0.3, 0.4) is 0 Å².